The second-order valence-electron chi connectivity index (χ2n) is 7.99. The van der Waals surface area contributed by atoms with Crippen molar-refractivity contribution in [2.24, 2.45) is 0 Å². The normalized spacial score (nSPS) is 11.9. The summed E-state index contributed by atoms with van der Waals surface area (Å²) in [6.45, 7) is 6.23. The number of carbonyl (C=O) groups excluding carboxylic acids is 2. The number of unbranched alkanes of at least 4 members (excludes halogenated alkanes) is 5. The van der Waals surface area contributed by atoms with Gasteiger partial charge in [-0.25, -0.2) is 9.59 Å². The Bertz CT molecular complexity index is 825. The first kappa shape index (κ1) is 24.7. The summed E-state index contributed by atoms with van der Waals surface area (Å²) in [6.07, 6.45) is 10.4. The first-order valence-corrected chi connectivity index (χ1v) is 11.5. The molecule has 2 aromatic rings. The van der Waals surface area contributed by atoms with E-state index in [1.54, 1.807) is 0 Å². The molecule has 0 amide bonds. The average molecular weight is 428 g/mol. The van der Waals surface area contributed by atoms with E-state index in [0.29, 0.717) is 18.6 Å². The maximum atomic E-state index is 12.7. The molecular formula is C26H37NO4. The highest BCUT2D eigenvalue weighted by atomic mass is 16.5. The molecule has 0 aliphatic rings. The maximum absolute atomic E-state index is 12.7. The van der Waals surface area contributed by atoms with Crippen molar-refractivity contribution >= 4 is 11.9 Å². The standard InChI is InChI=1S/C26H37NO4/c1-5-7-8-9-10-14-17-22-19-27(20(3)24(22)26(29)31-6-2)23(25(28)30-4)18-21-15-12-11-13-16-21/h11-13,15-16,19,23H,5-10,14,17-18H2,1-4H3/t23-/m0/s1. The Labute approximate surface area is 186 Å². The van der Waals surface area contributed by atoms with Crippen LogP contribution in [0.25, 0.3) is 0 Å². The third-order valence-electron chi connectivity index (χ3n) is 5.73. The number of carbonyl (C=O) groups is 2. The molecule has 0 bridgehead atoms. The molecule has 0 unspecified atom stereocenters. The lowest BCUT2D eigenvalue weighted by atomic mass is 10.0. The summed E-state index contributed by atoms with van der Waals surface area (Å²) in [6, 6.07) is 9.34. The average Bonchev–Trinajstić information content (AvgIpc) is 3.10. The van der Waals surface area contributed by atoms with E-state index in [2.05, 4.69) is 6.92 Å². The lowest BCUT2D eigenvalue weighted by Crippen LogP contribution is -2.24. The lowest BCUT2D eigenvalue weighted by Gasteiger charge is -2.19. The molecule has 0 aliphatic carbocycles. The predicted octanol–water partition coefficient (Wildman–Crippen LogP) is 5.83. The van der Waals surface area contributed by atoms with Crippen LogP contribution in [0.2, 0.25) is 0 Å². The molecule has 0 aliphatic heterocycles. The topological polar surface area (TPSA) is 57.5 Å². The van der Waals surface area contributed by atoms with Crippen LogP contribution in [0, 0.1) is 6.92 Å². The van der Waals surface area contributed by atoms with Crippen LogP contribution in [0.15, 0.2) is 36.5 Å². The van der Waals surface area contributed by atoms with Crippen molar-refractivity contribution in [3.05, 3.63) is 58.9 Å². The third kappa shape index (κ3) is 6.98. The van der Waals surface area contributed by atoms with Crippen molar-refractivity contribution in [2.45, 2.75) is 78.2 Å². The van der Waals surface area contributed by atoms with Gasteiger partial charge in [-0.2, -0.15) is 0 Å². The summed E-state index contributed by atoms with van der Waals surface area (Å²) in [5, 5.41) is 0. The summed E-state index contributed by atoms with van der Waals surface area (Å²) in [4.78, 5) is 25.4. The van der Waals surface area contributed by atoms with Crippen LogP contribution in [0.3, 0.4) is 0 Å². The molecule has 2 rings (SSSR count). The molecular weight excluding hydrogens is 390 g/mol. The highest BCUT2D eigenvalue weighted by Crippen LogP contribution is 2.27. The van der Waals surface area contributed by atoms with Gasteiger partial charge in [0.25, 0.3) is 0 Å². The molecule has 1 heterocycles. The highest BCUT2D eigenvalue weighted by Gasteiger charge is 2.28. The molecule has 1 aromatic heterocycles. The number of benzene rings is 1. The summed E-state index contributed by atoms with van der Waals surface area (Å²) in [7, 11) is 1.41. The second-order valence-corrected chi connectivity index (χ2v) is 7.99. The van der Waals surface area contributed by atoms with E-state index in [9.17, 15) is 9.59 Å². The van der Waals surface area contributed by atoms with Crippen molar-refractivity contribution < 1.29 is 19.1 Å². The first-order chi connectivity index (χ1) is 15.0. The molecule has 5 heteroatoms. The van der Waals surface area contributed by atoms with E-state index < -0.39 is 6.04 Å². The number of hydrogen-bond donors (Lipinski definition) is 0. The number of nitrogens with zero attached hydrogens (tertiary/aromatic N) is 1. The third-order valence-corrected chi connectivity index (χ3v) is 5.73. The molecule has 0 saturated carbocycles. The van der Waals surface area contributed by atoms with Crippen LogP contribution >= 0.6 is 0 Å². The second kappa shape index (κ2) is 13.0. The largest absolute Gasteiger partial charge is 0.467 e. The Morgan fingerprint density at radius 1 is 1.00 bits per heavy atom. The molecule has 5 nitrogen and oxygen atoms in total. The summed E-state index contributed by atoms with van der Waals surface area (Å²) in [5.74, 6) is -0.633. The zero-order chi connectivity index (χ0) is 22.6. The van der Waals surface area contributed by atoms with Crippen molar-refractivity contribution in [3.63, 3.8) is 0 Å². The van der Waals surface area contributed by atoms with E-state index in [0.717, 1.165) is 36.1 Å². The number of rotatable bonds is 13. The summed E-state index contributed by atoms with van der Waals surface area (Å²) >= 11 is 0. The van der Waals surface area contributed by atoms with E-state index in [-0.39, 0.29) is 11.9 Å². The Balaban J connectivity index is 2.30. The van der Waals surface area contributed by atoms with Crippen LogP contribution in [0.5, 0.6) is 0 Å². The molecule has 0 fully saturated rings. The van der Waals surface area contributed by atoms with Gasteiger partial charge in [-0.15, -0.1) is 0 Å². The van der Waals surface area contributed by atoms with E-state index in [4.69, 9.17) is 9.47 Å². The number of esters is 2. The fraction of sp³-hybridized carbons (Fsp3) is 0.538. The van der Waals surface area contributed by atoms with Gasteiger partial charge >= 0.3 is 11.9 Å². The number of aryl methyl sites for hydroxylation is 1. The van der Waals surface area contributed by atoms with Gasteiger partial charge < -0.3 is 14.0 Å². The summed E-state index contributed by atoms with van der Waals surface area (Å²) in [5.41, 5.74) is 3.35. The molecule has 31 heavy (non-hydrogen) atoms. The zero-order valence-electron chi connectivity index (χ0n) is 19.5. The van der Waals surface area contributed by atoms with Gasteiger partial charge in [0.15, 0.2) is 0 Å². The molecule has 0 spiro atoms. The Morgan fingerprint density at radius 2 is 1.68 bits per heavy atom. The van der Waals surface area contributed by atoms with E-state index in [1.165, 1.54) is 32.8 Å². The molecule has 0 radical (unpaired) electrons. The van der Waals surface area contributed by atoms with Crippen LogP contribution in [0.4, 0.5) is 0 Å². The van der Waals surface area contributed by atoms with Crippen molar-refractivity contribution in [1.82, 2.24) is 4.57 Å². The summed E-state index contributed by atoms with van der Waals surface area (Å²) < 4.78 is 12.4. The fourth-order valence-corrected chi connectivity index (χ4v) is 4.05. The highest BCUT2D eigenvalue weighted by molar-refractivity contribution is 5.93. The van der Waals surface area contributed by atoms with Gasteiger partial charge in [0.2, 0.25) is 0 Å². The number of methoxy groups -OCH3 is 1. The molecule has 170 valence electrons. The van der Waals surface area contributed by atoms with Gasteiger partial charge in [0.1, 0.15) is 6.04 Å². The van der Waals surface area contributed by atoms with E-state index >= 15 is 0 Å². The quantitative estimate of drug-likeness (QED) is 0.298. The van der Waals surface area contributed by atoms with Crippen LogP contribution in [-0.2, 0) is 27.1 Å². The number of ether oxygens (including phenoxy) is 2. The zero-order valence-corrected chi connectivity index (χ0v) is 19.5. The van der Waals surface area contributed by atoms with Crippen LogP contribution in [-0.4, -0.2) is 30.2 Å². The molecule has 0 N–H and O–H groups in total. The van der Waals surface area contributed by atoms with Crippen molar-refractivity contribution in [2.75, 3.05) is 13.7 Å². The maximum Gasteiger partial charge on any atom is 0.340 e. The minimum atomic E-state index is -0.529. The Hall–Kier alpha value is -2.56. The molecule has 1 atom stereocenters. The number of hydrogen-bond acceptors (Lipinski definition) is 4. The fourth-order valence-electron chi connectivity index (χ4n) is 4.05. The smallest absolute Gasteiger partial charge is 0.340 e. The van der Waals surface area contributed by atoms with Crippen molar-refractivity contribution in [3.8, 4) is 0 Å². The van der Waals surface area contributed by atoms with Crippen LogP contribution < -0.4 is 0 Å². The van der Waals surface area contributed by atoms with E-state index in [1.807, 2.05) is 54.9 Å². The lowest BCUT2D eigenvalue weighted by molar-refractivity contribution is -0.144. The number of aromatic nitrogens is 1. The van der Waals surface area contributed by atoms with Gasteiger partial charge in [0, 0.05) is 18.3 Å². The van der Waals surface area contributed by atoms with Crippen molar-refractivity contribution in [1.29, 1.82) is 0 Å². The Kier molecular flexibility index (Phi) is 10.3. The van der Waals surface area contributed by atoms with Gasteiger partial charge in [-0.3, -0.25) is 0 Å². The minimum Gasteiger partial charge on any atom is -0.467 e. The van der Waals surface area contributed by atoms with Gasteiger partial charge in [0.05, 0.1) is 19.3 Å². The predicted molar refractivity (Wildman–Crippen MR) is 123 cm³/mol. The Morgan fingerprint density at radius 3 is 2.32 bits per heavy atom. The monoisotopic (exact) mass is 427 g/mol. The van der Waals surface area contributed by atoms with Crippen LogP contribution in [0.1, 0.15) is 85.6 Å². The van der Waals surface area contributed by atoms with Gasteiger partial charge in [-0.1, -0.05) is 69.4 Å². The first-order valence-electron chi connectivity index (χ1n) is 11.5. The molecule has 0 saturated heterocycles. The van der Waals surface area contributed by atoms with Gasteiger partial charge in [-0.05, 0) is 37.8 Å². The SMILES string of the molecule is CCCCCCCCc1cn([C@@H](Cc2ccccc2)C(=O)OC)c(C)c1C(=O)OCC. The molecule has 1 aromatic carbocycles. The minimum absolute atomic E-state index is 0.316.